The van der Waals surface area contributed by atoms with E-state index in [0.29, 0.717) is 18.7 Å². The molecule has 3 rings (SSSR count). The Morgan fingerprint density at radius 2 is 1.76 bits per heavy atom. The number of benzene rings is 2. The Bertz CT molecular complexity index is 1010. The lowest BCUT2D eigenvalue weighted by Crippen LogP contribution is -2.24. The number of hydrogen-bond acceptors (Lipinski definition) is 4. The van der Waals surface area contributed by atoms with E-state index in [9.17, 15) is 9.59 Å². The lowest BCUT2D eigenvalue weighted by atomic mass is 10.1. The molecular formula is C22H24N4O2S. The molecule has 0 spiro atoms. The van der Waals surface area contributed by atoms with Gasteiger partial charge in [-0.05, 0) is 31.5 Å². The van der Waals surface area contributed by atoms with Crippen LogP contribution in [0.5, 0.6) is 0 Å². The maximum atomic E-state index is 12.7. The van der Waals surface area contributed by atoms with Gasteiger partial charge in [0.25, 0.3) is 5.91 Å². The van der Waals surface area contributed by atoms with Crippen molar-refractivity contribution in [3.8, 4) is 0 Å². The van der Waals surface area contributed by atoms with E-state index in [2.05, 4.69) is 22.5 Å². The topological polar surface area (TPSA) is 90.0 Å². The lowest BCUT2D eigenvalue weighted by molar-refractivity contribution is -0.115. The molecule has 3 aromatic rings. The normalized spacial score (nSPS) is 10.7. The number of amides is 2. The number of primary amides is 1. The quantitative estimate of drug-likeness (QED) is 0.561. The molecule has 0 saturated heterocycles. The first kappa shape index (κ1) is 20.7. The number of nitrogens with one attached hydrogen (secondary N) is 1. The summed E-state index contributed by atoms with van der Waals surface area (Å²) in [4.78, 5) is 24.5. The predicted molar refractivity (Wildman–Crippen MR) is 115 cm³/mol. The molecular weight excluding hydrogens is 384 g/mol. The second-order valence-electron chi connectivity index (χ2n) is 6.73. The Morgan fingerprint density at radius 3 is 2.48 bits per heavy atom. The van der Waals surface area contributed by atoms with E-state index in [1.165, 1.54) is 17.3 Å². The number of nitrogens with two attached hydrogens (primary N) is 1. The van der Waals surface area contributed by atoms with Crippen LogP contribution >= 0.6 is 11.8 Å². The molecule has 29 heavy (non-hydrogen) atoms. The third kappa shape index (κ3) is 5.26. The minimum atomic E-state index is -0.415. The second-order valence-corrected chi connectivity index (χ2v) is 7.74. The van der Waals surface area contributed by atoms with Crippen LogP contribution in [0.3, 0.4) is 0 Å². The third-order valence-corrected chi connectivity index (χ3v) is 5.73. The molecule has 0 radical (unpaired) electrons. The standard InChI is InChI=1S/C22H24N4O2S/c1-15-19(16(2)26(25-15)13-17-8-4-3-5-9-17)12-24-22(28)18-10-6-7-11-20(18)29-14-21(23)27/h3-11H,12-14H2,1-2H3,(H2,23,27)(H,24,28). The smallest absolute Gasteiger partial charge is 0.252 e. The van der Waals surface area contributed by atoms with Crippen LogP contribution in [0.2, 0.25) is 0 Å². The van der Waals surface area contributed by atoms with Gasteiger partial charge in [-0.3, -0.25) is 14.3 Å². The minimum Gasteiger partial charge on any atom is -0.369 e. The van der Waals surface area contributed by atoms with Crippen LogP contribution in [0.1, 0.15) is 32.9 Å². The predicted octanol–water partition coefficient (Wildman–Crippen LogP) is 3.06. The Hall–Kier alpha value is -3.06. The molecule has 1 heterocycles. The highest BCUT2D eigenvalue weighted by molar-refractivity contribution is 8.00. The van der Waals surface area contributed by atoms with Gasteiger partial charge in [-0.15, -0.1) is 11.8 Å². The average Bonchev–Trinajstić information content (AvgIpc) is 2.98. The SMILES string of the molecule is Cc1nn(Cc2ccccc2)c(C)c1CNC(=O)c1ccccc1SCC(N)=O. The van der Waals surface area contributed by atoms with E-state index in [-0.39, 0.29) is 11.7 Å². The van der Waals surface area contributed by atoms with Crippen molar-refractivity contribution in [2.45, 2.75) is 31.8 Å². The zero-order chi connectivity index (χ0) is 20.8. The van der Waals surface area contributed by atoms with Gasteiger partial charge in [0.1, 0.15) is 0 Å². The molecule has 2 aromatic carbocycles. The summed E-state index contributed by atoms with van der Waals surface area (Å²) >= 11 is 1.26. The van der Waals surface area contributed by atoms with Crippen molar-refractivity contribution in [1.82, 2.24) is 15.1 Å². The second kappa shape index (κ2) is 9.43. The first-order valence-electron chi connectivity index (χ1n) is 9.31. The Labute approximate surface area is 174 Å². The van der Waals surface area contributed by atoms with Gasteiger partial charge in [0.15, 0.2) is 0 Å². The number of carbonyl (C=O) groups is 2. The van der Waals surface area contributed by atoms with Crippen molar-refractivity contribution in [3.63, 3.8) is 0 Å². The summed E-state index contributed by atoms with van der Waals surface area (Å²) in [6.45, 7) is 5.04. The number of aromatic nitrogens is 2. The van der Waals surface area contributed by atoms with Gasteiger partial charge >= 0.3 is 0 Å². The summed E-state index contributed by atoms with van der Waals surface area (Å²) in [7, 11) is 0. The molecule has 150 valence electrons. The van der Waals surface area contributed by atoms with E-state index in [1.807, 2.05) is 48.9 Å². The highest BCUT2D eigenvalue weighted by Crippen LogP contribution is 2.22. The highest BCUT2D eigenvalue weighted by atomic mass is 32.2. The van der Waals surface area contributed by atoms with Gasteiger partial charge in [-0.25, -0.2) is 0 Å². The van der Waals surface area contributed by atoms with Crippen molar-refractivity contribution in [3.05, 3.63) is 82.7 Å². The molecule has 7 heteroatoms. The minimum absolute atomic E-state index is 0.134. The molecule has 0 bridgehead atoms. The Balaban J connectivity index is 1.70. The number of nitrogens with zero attached hydrogens (tertiary/aromatic N) is 2. The van der Waals surface area contributed by atoms with Crippen molar-refractivity contribution in [1.29, 1.82) is 0 Å². The van der Waals surface area contributed by atoms with Crippen LogP contribution in [0.25, 0.3) is 0 Å². The molecule has 0 unspecified atom stereocenters. The molecule has 0 fully saturated rings. The number of thioether (sulfide) groups is 1. The fraction of sp³-hybridized carbons (Fsp3) is 0.227. The van der Waals surface area contributed by atoms with E-state index in [0.717, 1.165) is 21.8 Å². The van der Waals surface area contributed by atoms with Gasteiger partial charge in [0.05, 0.1) is 23.6 Å². The summed E-state index contributed by atoms with van der Waals surface area (Å²) in [5.41, 5.74) is 9.87. The summed E-state index contributed by atoms with van der Waals surface area (Å²) < 4.78 is 1.96. The van der Waals surface area contributed by atoms with Gasteiger partial charge in [-0.1, -0.05) is 42.5 Å². The first-order chi connectivity index (χ1) is 14.0. The van der Waals surface area contributed by atoms with E-state index >= 15 is 0 Å². The van der Waals surface area contributed by atoms with Gasteiger partial charge in [-0.2, -0.15) is 5.10 Å². The van der Waals surface area contributed by atoms with Crippen LogP contribution in [0.4, 0.5) is 0 Å². The van der Waals surface area contributed by atoms with Crippen LogP contribution in [-0.2, 0) is 17.9 Å². The monoisotopic (exact) mass is 408 g/mol. The summed E-state index contributed by atoms with van der Waals surface area (Å²) in [6, 6.07) is 17.3. The number of carbonyl (C=O) groups excluding carboxylic acids is 2. The maximum Gasteiger partial charge on any atom is 0.252 e. The summed E-state index contributed by atoms with van der Waals surface area (Å²) in [5.74, 6) is -0.469. The number of rotatable bonds is 8. The van der Waals surface area contributed by atoms with E-state index < -0.39 is 5.91 Å². The number of aryl methyl sites for hydroxylation is 1. The van der Waals surface area contributed by atoms with E-state index in [4.69, 9.17) is 5.73 Å². The van der Waals surface area contributed by atoms with Crippen LogP contribution in [-0.4, -0.2) is 27.3 Å². The molecule has 3 N–H and O–H groups in total. The van der Waals surface area contributed by atoms with Crippen LogP contribution < -0.4 is 11.1 Å². The zero-order valence-corrected chi connectivity index (χ0v) is 17.3. The van der Waals surface area contributed by atoms with Gasteiger partial charge in [0, 0.05) is 22.7 Å². The third-order valence-electron chi connectivity index (χ3n) is 4.63. The molecule has 0 saturated carbocycles. The summed E-state index contributed by atoms with van der Waals surface area (Å²) in [5, 5.41) is 7.61. The molecule has 0 aliphatic rings. The molecule has 6 nitrogen and oxygen atoms in total. The molecule has 2 amide bonds. The van der Waals surface area contributed by atoms with Crippen molar-refractivity contribution in [2.24, 2.45) is 5.73 Å². The van der Waals surface area contributed by atoms with Gasteiger partial charge in [0.2, 0.25) is 5.91 Å². The average molecular weight is 409 g/mol. The summed E-state index contributed by atoms with van der Waals surface area (Å²) in [6.07, 6.45) is 0. The van der Waals surface area contributed by atoms with Crippen molar-refractivity contribution < 1.29 is 9.59 Å². The van der Waals surface area contributed by atoms with E-state index in [1.54, 1.807) is 12.1 Å². The van der Waals surface area contributed by atoms with Crippen molar-refractivity contribution >= 4 is 23.6 Å². The Kier molecular flexibility index (Phi) is 6.72. The molecule has 0 atom stereocenters. The Morgan fingerprint density at radius 1 is 1.07 bits per heavy atom. The number of hydrogen-bond donors (Lipinski definition) is 2. The lowest BCUT2D eigenvalue weighted by Gasteiger charge is -2.10. The van der Waals surface area contributed by atoms with Crippen LogP contribution in [0.15, 0.2) is 59.5 Å². The maximum absolute atomic E-state index is 12.7. The molecule has 1 aromatic heterocycles. The zero-order valence-electron chi connectivity index (χ0n) is 16.5. The van der Waals surface area contributed by atoms with Crippen LogP contribution in [0, 0.1) is 13.8 Å². The fourth-order valence-corrected chi connectivity index (χ4v) is 3.88. The molecule has 0 aliphatic heterocycles. The van der Waals surface area contributed by atoms with Crippen molar-refractivity contribution in [2.75, 3.05) is 5.75 Å². The highest BCUT2D eigenvalue weighted by Gasteiger charge is 2.15. The fourth-order valence-electron chi connectivity index (χ4n) is 3.09. The largest absolute Gasteiger partial charge is 0.369 e. The molecule has 0 aliphatic carbocycles. The first-order valence-corrected chi connectivity index (χ1v) is 10.3. The van der Waals surface area contributed by atoms with Gasteiger partial charge < -0.3 is 11.1 Å².